The molecule has 0 amide bonds. The monoisotopic (exact) mass is 406 g/mol. The Balaban J connectivity index is 1.58. The Morgan fingerprint density at radius 1 is 1.33 bits per heavy atom. The maximum Gasteiger partial charge on any atom is 0.222 e. The molecule has 0 N–H and O–H groups in total. The van der Waals surface area contributed by atoms with Crippen molar-refractivity contribution in [3.8, 4) is 17.3 Å². The Morgan fingerprint density at radius 3 is 2.70 bits per heavy atom. The number of rotatable bonds is 5. The highest BCUT2D eigenvalue weighted by Crippen LogP contribution is 2.38. The van der Waals surface area contributed by atoms with Gasteiger partial charge in [-0.2, -0.15) is 10.4 Å². The van der Waals surface area contributed by atoms with Crippen LogP contribution in [0.2, 0.25) is 5.28 Å². The van der Waals surface area contributed by atoms with Gasteiger partial charge in [-0.25, -0.2) is 22.7 Å². The van der Waals surface area contributed by atoms with Gasteiger partial charge in [-0.15, -0.1) is 0 Å². The number of nitriles is 1. The number of hydrogen-bond acceptors (Lipinski definition) is 6. The summed E-state index contributed by atoms with van der Waals surface area (Å²) < 4.78 is 28.3. The lowest BCUT2D eigenvalue weighted by atomic mass is 9.85. The van der Waals surface area contributed by atoms with Crippen LogP contribution in [0, 0.1) is 11.3 Å². The van der Waals surface area contributed by atoms with E-state index >= 15 is 0 Å². The van der Waals surface area contributed by atoms with E-state index in [-0.39, 0.29) is 17.0 Å². The Morgan fingerprint density at radius 2 is 2.07 bits per heavy atom. The Bertz CT molecular complexity index is 987. The first-order valence-electron chi connectivity index (χ1n) is 8.85. The van der Waals surface area contributed by atoms with Crippen molar-refractivity contribution in [1.82, 2.24) is 24.1 Å². The lowest BCUT2D eigenvalue weighted by molar-refractivity contribution is 0.148. The SMILES string of the molecule is N#CCC1(n2cc(-c3ccnc(Cl)n3)cn2)CCN(S(=O)(=O)C2CC2)CC1. The fourth-order valence-electron chi connectivity index (χ4n) is 3.58. The molecule has 0 spiro atoms. The highest BCUT2D eigenvalue weighted by atomic mass is 35.5. The molecular formula is C17H19ClN6O2S. The average Bonchev–Trinajstić information content (AvgIpc) is 3.40. The minimum atomic E-state index is -3.19. The zero-order valence-corrected chi connectivity index (χ0v) is 16.2. The summed E-state index contributed by atoms with van der Waals surface area (Å²) in [4.78, 5) is 8.07. The summed E-state index contributed by atoms with van der Waals surface area (Å²) in [5, 5.41) is 13.8. The minimum absolute atomic E-state index is 0.158. The van der Waals surface area contributed by atoms with Crippen LogP contribution in [0.3, 0.4) is 0 Å². The van der Waals surface area contributed by atoms with Crippen molar-refractivity contribution in [2.45, 2.75) is 42.9 Å². The molecule has 10 heteroatoms. The van der Waals surface area contributed by atoms with Crippen molar-refractivity contribution in [3.63, 3.8) is 0 Å². The third kappa shape index (κ3) is 3.45. The van der Waals surface area contributed by atoms with Crippen LogP contribution in [-0.4, -0.2) is 50.8 Å². The maximum atomic E-state index is 12.5. The number of nitrogens with zero attached hydrogens (tertiary/aromatic N) is 6. The molecule has 3 heterocycles. The smallest absolute Gasteiger partial charge is 0.222 e. The predicted molar refractivity (Wildman–Crippen MR) is 99.2 cm³/mol. The van der Waals surface area contributed by atoms with E-state index in [0.29, 0.717) is 31.6 Å². The van der Waals surface area contributed by atoms with Crippen LogP contribution in [-0.2, 0) is 15.6 Å². The van der Waals surface area contributed by atoms with E-state index in [1.165, 1.54) is 0 Å². The van der Waals surface area contributed by atoms with Gasteiger partial charge in [0.2, 0.25) is 15.3 Å². The molecule has 8 nitrogen and oxygen atoms in total. The van der Waals surface area contributed by atoms with Crippen LogP contribution in [0.5, 0.6) is 0 Å². The highest BCUT2D eigenvalue weighted by molar-refractivity contribution is 7.90. The lowest BCUT2D eigenvalue weighted by Crippen LogP contribution is -2.48. The molecule has 2 fully saturated rings. The van der Waals surface area contributed by atoms with Crippen LogP contribution < -0.4 is 0 Å². The molecular weight excluding hydrogens is 388 g/mol. The Kier molecular flexibility index (Phi) is 4.66. The summed E-state index contributed by atoms with van der Waals surface area (Å²) in [6.07, 6.45) is 8.01. The largest absolute Gasteiger partial charge is 0.265 e. The van der Waals surface area contributed by atoms with E-state index in [2.05, 4.69) is 21.1 Å². The van der Waals surface area contributed by atoms with Crippen LogP contribution in [0.4, 0.5) is 0 Å². The van der Waals surface area contributed by atoms with Gasteiger partial charge >= 0.3 is 0 Å². The Labute approximate surface area is 162 Å². The average molecular weight is 407 g/mol. The fourth-order valence-corrected chi connectivity index (χ4v) is 5.57. The number of aromatic nitrogens is 4. The van der Waals surface area contributed by atoms with E-state index in [0.717, 1.165) is 18.4 Å². The molecule has 1 aliphatic carbocycles. The van der Waals surface area contributed by atoms with Crippen LogP contribution in [0.1, 0.15) is 32.1 Å². The first kappa shape index (κ1) is 18.3. The maximum absolute atomic E-state index is 12.5. The third-order valence-corrected chi connectivity index (χ3v) is 7.94. The summed E-state index contributed by atoms with van der Waals surface area (Å²) in [7, 11) is -3.19. The quantitative estimate of drug-likeness (QED) is 0.705. The van der Waals surface area contributed by atoms with Crippen molar-refractivity contribution in [2.75, 3.05) is 13.1 Å². The normalized spacial score (nSPS) is 20.3. The molecule has 0 unspecified atom stereocenters. The second-order valence-corrected chi connectivity index (χ2v) is 9.64. The van der Waals surface area contributed by atoms with Gasteiger partial charge in [0.25, 0.3) is 0 Å². The minimum Gasteiger partial charge on any atom is -0.265 e. The van der Waals surface area contributed by atoms with Gasteiger partial charge in [-0.3, -0.25) is 4.68 Å². The van der Waals surface area contributed by atoms with E-state index in [1.807, 2.05) is 6.20 Å². The van der Waals surface area contributed by atoms with Crippen LogP contribution >= 0.6 is 11.6 Å². The van der Waals surface area contributed by atoms with Crippen molar-refractivity contribution in [2.24, 2.45) is 0 Å². The number of piperidine rings is 1. The molecule has 0 atom stereocenters. The second-order valence-electron chi connectivity index (χ2n) is 7.09. The van der Waals surface area contributed by atoms with Gasteiger partial charge in [0.15, 0.2) is 0 Å². The molecule has 4 rings (SSSR count). The highest BCUT2D eigenvalue weighted by Gasteiger charge is 2.45. The standard InChI is InChI=1S/C17H19ClN6O2S/c18-16-20-8-3-15(22-16)13-11-21-24(12-13)17(4-7-19)5-9-23(10-6-17)27(25,26)14-1-2-14/h3,8,11-12,14H,1-2,4-6,9-10H2. The Hall–Kier alpha value is -2.02. The zero-order valence-electron chi connectivity index (χ0n) is 14.6. The van der Waals surface area contributed by atoms with E-state index in [9.17, 15) is 13.7 Å². The van der Waals surface area contributed by atoms with E-state index < -0.39 is 15.6 Å². The summed E-state index contributed by atoms with van der Waals surface area (Å²) >= 11 is 5.86. The van der Waals surface area contributed by atoms with Crippen molar-refractivity contribution in [3.05, 3.63) is 29.9 Å². The predicted octanol–water partition coefficient (Wildman–Crippen LogP) is 2.19. The number of hydrogen-bond donors (Lipinski definition) is 0. The van der Waals surface area contributed by atoms with E-state index in [1.54, 1.807) is 27.4 Å². The van der Waals surface area contributed by atoms with Crippen molar-refractivity contribution in [1.29, 1.82) is 5.26 Å². The van der Waals surface area contributed by atoms with E-state index in [4.69, 9.17) is 11.6 Å². The van der Waals surface area contributed by atoms with Gasteiger partial charge in [0.05, 0.1) is 35.2 Å². The van der Waals surface area contributed by atoms with Crippen molar-refractivity contribution < 1.29 is 8.42 Å². The molecule has 1 saturated carbocycles. The zero-order chi connectivity index (χ0) is 19.1. The topological polar surface area (TPSA) is 105 Å². The van der Waals surface area contributed by atoms with Gasteiger partial charge in [0.1, 0.15) is 0 Å². The third-order valence-electron chi connectivity index (χ3n) is 5.36. The summed E-state index contributed by atoms with van der Waals surface area (Å²) in [6, 6.07) is 3.99. The molecule has 0 bridgehead atoms. The molecule has 1 saturated heterocycles. The second kappa shape index (κ2) is 6.86. The van der Waals surface area contributed by atoms with Gasteiger partial charge < -0.3 is 0 Å². The van der Waals surface area contributed by atoms with Crippen LogP contribution in [0.15, 0.2) is 24.7 Å². The number of halogens is 1. The van der Waals surface area contributed by atoms with Crippen LogP contribution in [0.25, 0.3) is 11.3 Å². The molecule has 2 aliphatic rings. The molecule has 142 valence electrons. The molecule has 0 radical (unpaired) electrons. The summed E-state index contributed by atoms with van der Waals surface area (Å²) in [5.74, 6) is 0. The lowest BCUT2D eigenvalue weighted by Gasteiger charge is -2.40. The van der Waals surface area contributed by atoms with Gasteiger partial charge in [0, 0.05) is 31.0 Å². The first-order valence-corrected chi connectivity index (χ1v) is 10.7. The fraction of sp³-hybridized carbons (Fsp3) is 0.529. The molecule has 1 aliphatic heterocycles. The molecule has 2 aromatic heterocycles. The van der Waals surface area contributed by atoms with Crippen molar-refractivity contribution >= 4 is 21.6 Å². The summed E-state index contributed by atoms with van der Waals surface area (Å²) in [6.45, 7) is 0.823. The number of sulfonamides is 1. The molecule has 2 aromatic rings. The molecule has 27 heavy (non-hydrogen) atoms. The molecule has 0 aromatic carbocycles. The van der Waals surface area contributed by atoms with Gasteiger partial charge in [-0.05, 0) is 43.4 Å². The first-order chi connectivity index (χ1) is 12.9. The van der Waals surface area contributed by atoms with Gasteiger partial charge in [-0.1, -0.05) is 0 Å². The summed E-state index contributed by atoms with van der Waals surface area (Å²) in [5.41, 5.74) is 0.922.